The second kappa shape index (κ2) is 8.05. The molecule has 2 rings (SSSR count). The second-order valence-corrected chi connectivity index (χ2v) is 8.49. The Morgan fingerprint density at radius 1 is 1.04 bits per heavy atom. The van der Waals surface area contributed by atoms with Crippen LogP contribution in [0.5, 0.6) is 5.75 Å². The lowest BCUT2D eigenvalue weighted by atomic mass is 9.96. The smallest absolute Gasteiger partial charge is 0.345 e. The van der Waals surface area contributed by atoms with E-state index in [1.807, 2.05) is 0 Å². The number of Topliss-reactive ketones (excluding diaryl/α,β-unsaturated/α-hetero) is 1. The van der Waals surface area contributed by atoms with Crippen LogP contribution < -0.4 is 4.74 Å². The van der Waals surface area contributed by atoms with Gasteiger partial charge < -0.3 is 9.47 Å². The summed E-state index contributed by atoms with van der Waals surface area (Å²) >= 11 is 0. The largest absolute Gasteiger partial charge is 0.479 e. The van der Waals surface area contributed by atoms with Gasteiger partial charge in [-0.25, -0.2) is 22.0 Å². The molecule has 9 heteroatoms. The third-order valence-corrected chi connectivity index (χ3v) is 4.83. The van der Waals surface area contributed by atoms with Gasteiger partial charge in [-0.1, -0.05) is 0 Å². The highest BCUT2D eigenvalue weighted by atomic mass is 32.2. The molecule has 0 radical (unpaired) electrons. The molecule has 0 spiro atoms. The normalized spacial score (nSPS) is 11.8. The Labute approximate surface area is 161 Å². The highest BCUT2D eigenvalue weighted by molar-refractivity contribution is 7.90. The van der Waals surface area contributed by atoms with E-state index in [1.54, 1.807) is 0 Å². The molecule has 0 unspecified atom stereocenters. The molecule has 150 valence electrons. The van der Waals surface area contributed by atoms with Gasteiger partial charge in [0.2, 0.25) is 5.78 Å². The van der Waals surface area contributed by atoms with Crippen molar-refractivity contribution in [1.82, 2.24) is 0 Å². The number of ether oxygens (including phenoxy) is 2. The van der Waals surface area contributed by atoms with E-state index in [2.05, 4.69) is 0 Å². The van der Waals surface area contributed by atoms with Gasteiger partial charge in [-0.2, -0.15) is 0 Å². The van der Waals surface area contributed by atoms with E-state index in [-0.39, 0.29) is 16.2 Å². The SMILES string of the molecule is CC(C)(OC(=O)COc1ccc(F)cc1F)C(=O)c1ccc(S(C)(=O)=O)cc1. The molecule has 6 nitrogen and oxygen atoms in total. The number of benzene rings is 2. The minimum atomic E-state index is -3.41. The minimum Gasteiger partial charge on any atom is -0.479 e. The average molecular weight is 412 g/mol. The van der Waals surface area contributed by atoms with Gasteiger partial charge in [-0.05, 0) is 50.2 Å². The summed E-state index contributed by atoms with van der Waals surface area (Å²) in [5, 5.41) is 0. The zero-order valence-corrected chi connectivity index (χ0v) is 16.2. The van der Waals surface area contributed by atoms with Crippen molar-refractivity contribution < 1.29 is 36.3 Å². The van der Waals surface area contributed by atoms with Crippen LogP contribution in [-0.4, -0.2) is 38.6 Å². The summed E-state index contributed by atoms with van der Waals surface area (Å²) in [7, 11) is -3.41. The van der Waals surface area contributed by atoms with E-state index in [4.69, 9.17) is 9.47 Å². The van der Waals surface area contributed by atoms with Crippen LogP contribution in [0.2, 0.25) is 0 Å². The van der Waals surface area contributed by atoms with Crippen molar-refractivity contribution >= 4 is 21.6 Å². The Balaban J connectivity index is 2.03. The molecule has 0 fully saturated rings. The topological polar surface area (TPSA) is 86.7 Å². The van der Waals surface area contributed by atoms with Crippen LogP contribution in [0.15, 0.2) is 47.4 Å². The number of hydrogen-bond donors (Lipinski definition) is 0. The number of carbonyl (C=O) groups excluding carboxylic acids is 2. The van der Waals surface area contributed by atoms with Crippen LogP contribution in [-0.2, 0) is 19.4 Å². The van der Waals surface area contributed by atoms with E-state index in [1.165, 1.54) is 38.1 Å². The van der Waals surface area contributed by atoms with Crippen LogP contribution in [0.4, 0.5) is 8.78 Å². The fraction of sp³-hybridized carbons (Fsp3) is 0.263. The van der Waals surface area contributed by atoms with Crippen LogP contribution >= 0.6 is 0 Å². The second-order valence-electron chi connectivity index (χ2n) is 6.47. The molecule has 0 saturated carbocycles. The molecule has 0 bridgehead atoms. The van der Waals surface area contributed by atoms with Gasteiger partial charge >= 0.3 is 5.97 Å². The van der Waals surface area contributed by atoms with Crippen molar-refractivity contribution in [3.63, 3.8) is 0 Å². The molecular weight excluding hydrogens is 394 g/mol. The molecule has 0 aliphatic heterocycles. The zero-order valence-electron chi connectivity index (χ0n) is 15.4. The van der Waals surface area contributed by atoms with Crippen molar-refractivity contribution in [2.75, 3.05) is 12.9 Å². The number of carbonyl (C=O) groups is 2. The summed E-state index contributed by atoms with van der Waals surface area (Å²) in [4.78, 5) is 24.6. The fourth-order valence-corrected chi connectivity index (χ4v) is 2.92. The summed E-state index contributed by atoms with van der Waals surface area (Å²) in [6, 6.07) is 7.79. The number of sulfone groups is 1. The lowest BCUT2D eigenvalue weighted by Crippen LogP contribution is -2.38. The van der Waals surface area contributed by atoms with Gasteiger partial charge in [-0.15, -0.1) is 0 Å². The van der Waals surface area contributed by atoms with Crippen LogP contribution in [0.25, 0.3) is 0 Å². The lowest BCUT2D eigenvalue weighted by molar-refractivity contribution is -0.155. The first-order valence-corrected chi connectivity index (χ1v) is 9.94. The monoisotopic (exact) mass is 412 g/mol. The lowest BCUT2D eigenvalue weighted by Gasteiger charge is -2.23. The number of ketones is 1. The van der Waals surface area contributed by atoms with E-state index in [0.29, 0.717) is 6.07 Å². The minimum absolute atomic E-state index is 0.0496. The average Bonchev–Trinajstić information content (AvgIpc) is 2.59. The quantitative estimate of drug-likeness (QED) is 0.513. The summed E-state index contributed by atoms with van der Waals surface area (Å²) in [5.41, 5.74) is -1.43. The molecule has 2 aromatic rings. The highest BCUT2D eigenvalue weighted by Gasteiger charge is 2.33. The predicted molar refractivity (Wildman–Crippen MR) is 95.9 cm³/mol. The molecular formula is C19H18F2O6S. The van der Waals surface area contributed by atoms with Crippen molar-refractivity contribution in [1.29, 1.82) is 0 Å². The van der Waals surface area contributed by atoms with Crippen LogP contribution in [0, 0.1) is 11.6 Å². The van der Waals surface area contributed by atoms with Crippen molar-refractivity contribution in [3.8, 4) is 5.75 Å². The van der Waals surface area contributed by atoms with Crippen LogP contribution in [0.1, 0.15) is 24.2 Å². The molecule has 0 aliphatic carbocycles. The van der Waals surface area contributed by atoms with E-state index in [0.717, 1.165) is 18.4 Å². The molecule has 0 aliphatic rings. The molecule has 0 heterocycles. The number of hydrogen-bond acceptors (Lipinski definition) is 6. The summed E-state index contributed by atoms with van der Waals surface area (Å²) in [6.07, 6.45) is 1.04. The summed E-state index contributed by atoms with van der Waals surface area (Å²) in [5.74, 6) is -3.60. The van der Waals surface area contributed by atoms with Crippen molar-refractivity contribution in [2.45, 2.75) is 24.3 Å². The number of esters is 1. The Morgan fingerprint density at radius 2 is 1.64 bits per heavy atom. The third-order valence-electron chi connectivity index (χ3n) is 3.70. The predicted octanol–water partition coefficient (Wildman–Crippen LogP) is 2.95. The zero-order chi connectivity index (χ0) is 21.1. The summed E-state index contributed by atoms with van der Waals surface area (Å²) in [6.45, 7) is 2.03. The Kier molecular flexibility index (Phi) is 6.18. The van der Waals surface area contributed by atoms with Crippen molar-refractivity contribution in [3.05, 3.63) is 59.7 Å². The van der Waals surface area contributed by atoms with Gasteiger partial charge in [0.05, 0.1) is 4.90 Å². The van der Waals surface area contributed by atoms with Gasteiger partial charge in [-0.3, -0.25) is 4.79 Å². The van der Waals surface area contributed by atoms with E-state index < -0.39 is 45.4 Å². The summed E-state index contributed by atoms with van der Waals surface area (Å²) < 4.78 is 59.3. The van der Waals surface area contributed by atoms with Gasteiger partial charge in [0.1, 0.15) is 5.82 Å². The molecule has 0 atom stereocenters. The molecule has 2 aromatic carbocycles. The number of halogens is 2. The maximum atomic E-state index is 13.5. The maximum Gasteiger partial charge on any atom is 0.345 e. The first kappa shape index (κ1) is 21.5. The Hall–Kier alpha value is -2.81. The molecule has 0 aromatic heterocycles. The van der Waals surface area contributed by atoms with Crippen LogP contribution in [0.3, 0.4) is 0 Å². The van der Waals surface area contributed by atoms with Gasteiger partial charge in [0.15, 0.2) is 33.6 Å². The molecule has 0 amide bonds. The first-order chi connectivity index (χ1) is 12.9. The van der Waals surface area contributed by atoms with Gasteiger partial charge in [0.25, 0.3) is 0 Å². The fourth-order valence-electron chi connectivity index (χ4n) is 2.29. The number of rotatable bonds is 7. The van der Waals surface area contributed by atoms with E-state index in [9.17, 15) is 26.8 Å². The molecule has 0 N–H and O–H groups in total. The van der Waals surface area contributed by atoms with E-state index >= 15 is 0 Å². The highest BCUT2D eigenvalue weighted by Crippen LogP contribution is 2.21. The van der Waals surface area contributed by atoms with Crippen molar-refractivity contribution in [2.24, 2.45) is 0 Å². The maximum absolute atomic E-state index is 13.5. The standard InChI is InChI=1S/C19H18F2O6S/c1-19(2,18(23)12-4-7-14(8-5-12)28(3,24)25)27-17(22)11-26-16-9-6-13(20)10-15(16)21/h4-10H,11H2,1-3H3. The Morgan fingerprint density at radius 3 is 2.18 bits per heavy atom. The molecule has 0 saturated heterocycles. The first-order valence-electron chi connectivity index (χ1n) is 8.05. The van der Waals surface area contributed by atoms with Gasteiger partial charge in [0, 0.05) is 17.9 Å². The third kappa shape index (κ3) is 5.35. The molecule has 28 heavy (non-hydrogen) atoms. The Bertz CT molecular complexity index is 998.